The number of hydrogen-bond donors (Lipinski definition) is 2. The van der Waals surface area contributed by atoms with Gasteiger partial charge in [0.05, 0.1) is 5.69 Å². The van der Waals surface area contributed by atoms with Crippen LogP contribution in [-0.4, -0.2) is 55.4 Å². The molecule has 2 heterocycles. The van der Waals surface area contributed by atoms with E-state index in [4.69, 9.17) is 10.4 Å². The van der Waals surface area contributed by atoms with E-state index in [1.54, 1.807) is 6.08 Å². The maximum atomic E-state index is 12.9. The Morgan fingerprint density at radius 2 is 2.06 bits per heavy atom. The van der Waals surface area contributed by atoms with Gasteiger partial charge < -0.3 is 5.73 Å². The molecule has 0 spiro atoms. The lowest BCUT2D eigenvalue weighted by atomic mass is 9.94. The van der Waals surface area contributed by atoms with Crippen molar-refractivity contribution < 1.29 is 9.42 Å². The van der Waals surface area contributed by atoms with Crippen LogP contribution in [0.5, 0.6) is 0 Å². The summed E-state index contributed by atoms with van der Waals surface area (Å²) in [5, 5.41) is 19.6. The Morgan fingerprint density at radius 1 is 1.27 bits per heavy atom. The van der Waals surface area contributed by atoms with Crippen molar-refractivity contribution in [3.8, 4) is 5.82 Å². The molecule has 0 atom stereocenters. The highest BCUT2D eigenvalue weighted by Crippen LogP contribution is 2.24. The van der Waals surface area contributed by atoms with Gasteiger partial charge in [0.15, 0.2) is 5.69 Å². The summed E-state index contributed by atoms with van der Waals surface area (Å²) in [6.07, 6.45) is 11.0. The fourth-order valence-electron chi connectivity index (χ4n) is 3.93. The van der Waals surface area contributed by atoms with Crippen molar-refractivity contribution in [3.05, 3.63) is 53.4 Å². The van der Waals surface area contributed by atoms with Crippen molar-refractivity contribution >= 4 is 24.0 Å². The Balaban J connectivity index is 1.51. The number of aromatic nitrogens is 5. The van der Waals surface area contributed by atoms with Gasteiger partial charge in [0, 0.05) is 18.8 Å². The van der Waals surface area contributed by atoms with E-state index in [0.29, 0.717) is 18.3 Å². The number of nitrogen functional groups attached to an aromatic ring is 1. The van der Waals surface area contributed by atoms with Gasteiger partial charge in [-0.3, -0.25) is 9.69 Å². The van der Waals surface area contributed by atoms with Crippen LogP contribution in [0.2, 0.25) is 0 Å². The van der Waals surface area contributed by atoms with Gasteiger partial charge in [0.1, 0.15) is 0 Å². The first-order chi connectivity index (χ1) is 16.1. The van der Waals surface area contributed by atoms with Gasteiger partial charge in [0.25, 0.3) is 5.91 Å². The molecule has 11 heteroatoms. The maximum Gasteiger partial charge on any atom is 0.293 e. The maximum absolute atomic E-state index is 12.9. The molecule has 0 saturated heterocycles. The van der Waals surface area contributed by atoms with Gasteiger partial charge in [-0.25, -0.2) is 10.1 Å². The van der Waals surface area contributed by atoms with Crippen LogP contribution in [0.1, 0.15) is 53.8 Å². The predicted octanol–water partition coefficient (Wildman–Crippen LogP) is 2.43. The minimum absolute atomic E-state index is 0.0671. The van der Waals surface area contributed by atoms with Crippen LogP contribution in [0.3, 0.4) is 0 Å². The molecule has 1 saturated carbocycles. The van der Waals surface area contributed by atoms with Crippen LogP contribution in [0, 0.1) is 0 Å². The first-order valence-electron chi connectivity index (χ1n) is 10.9. The van der Waals surface area contributed by atoms with Crippen LogP contribution in [0.15, 0.2) is 46.1 Å². The highest BCUT2D eigenvalue weighted by molar-refractivity contribution is 5.94. The third-order valence-electron chi connectivity index (χ3n) is 5.69. The zero-order valence-corrected chi connectivity index (χ0v) is 18.5. The summed E-state index contributed by atoms with van der Waals surface area (Å²) in [5.74, 6) is -0.215. The molecule has 1 aliphatic carbocycles. The molecule has 1 aliphatic rings. The molecule has 3 aromatic rings. The summed E-state index contributed by atoms with van der Waals surface area (Å²) >= 11 is 0. The molecule has 1 fully saturated rings. The highest BCUT2D eigenvalue weighted by atomic mass is 16.6. The fourth-order valence-corrected chi connectivity index (χ4v) is 3.93. The molecule has 4 rings (SSSR count). The Labute approximate surface area is 191 Å². The summed E-state index contributed by atoms with van der Waals surface area (Å²) in [5.41, 5.74) is 10.1. The lowest BCUT2D eigenvalue weighted by molar-refractivity contribution is 0.0947. The number of anilines is 1. The second-order valence-corrected chi connectivity index (χ2v) is 7.97. The number of benzene rings is 1. The number of nitrogens with one attached hydrogen (secondary N) is 1. The van der Waals surface area contributed by atoms with Gasteiger partial charge >= 0.3 is 0 Å². The van der Waals surface area contributed by atoms with Crippen LogP contribution < -0.4 is 11.2 Å². The van der Waals surface area contributed by atoms with Crippen molar-refractivity contribution in [3.63, 3.8) is 0 Å². The number of hydrazone groups is 1. The molecule has 0 aliphatic heterocycles. The van der Waals surface area contributed by atoms with E-state index in [0.717, 1.165) is 18.4 Å². The van der Waals surface area contributed by atoms with Crippen LogP contribution >= 0.6 is 0 Å². The Hall–Kier alpha value is -3.86. The van der Waals surface area contributed by atoms with E-state index in [2.05, 4.69) is 36.1 Å². The summed E-state index contributed by atoms with van der Waals surface area (Å²) in [4.78, 5) is 15.1. The van der Waals surface area contributed by atoms with Crippen molar-refractivity contribution in [1.29, 1.82) is 0 Å². The molecule has 2 aromatic heterocycles. The molecule has 1 amide bonds. The monoisotopic (exact) mass is 449 g/mol. The number of allylic oxidation sites excluding steroid dienone is 1. The van der Waals surface area contributed by atoms with Crippen molar-refractivity contribution in [2.75, 3.05) is 12.8 Å². The molecule has 33 heavy (non-hydrogen) atoms. The topological polar surface area (TPSA) is 140 Å². The summed E-state index contributed by atoms with van der Waals surface area (Å²) in [6, 6.07) is 10.2. The molecule has 3 N–H and O–H groups in total. The number of hydrogen-bond acceptors (Lipinski definition) is 9. The van der Waals surface area contributed by atoms with Gasteiger partial charge in [-0.2, -0.15) is 9.78 Å². The lowest BCUT2D eigenvalue weighted by Crippen LogP contribution is -2.34. The molecule has 1 aromatic carbocycles. The van der Waals surface area contributed by atoms with Gasteiger partial charge in [-0.1, -0.05) is 60.9 Å². The molecule has 0 radical (unpaired) electrons. The number of amides is 1. The molecular formula is C22H27N9O2. The highest BCUT2D eigenvalue weighted by Gasteiger charge is 2.27. The van der Waals surface area contributed by atoms with E-state index in [-0.39, 0.29) is 17.3 Å². The Bertz CT molecular complexity index is 1110. The van der Waals surface area contributed by atoms with Crippen molar-refractivity contribution in [1.82, 2.24) is 35.6 Å². The second-order valence-electron chi connectivity index (χ2n) is 7.97. The third kappa shape index (κ3) is 5.50. The summed E-state index contributed by atoms with van der Waals surface area (Å²) in [6.45, 7) is 0.435. The molecule has 11 nitrogen and oxygen atoms in total. The average Bonchev–Trinajstić information content (AvgIpc) is 3.45. The Morgan fingerprint density at radius 3 is 2.79 bits per heavy atom. The fraction of sp³-hybridized carbons (Fsp3) is 0.364. The van der Waals surface area contributed by atoms with E-state index in [9.17, 15) is 4.79 Å². The van der Waals surface area contributed by atoms with Crippen molar-refractivity contribution in [2.24, 2.45) is 5.10 Å². The lowest BCUT2D eigenvalue weighted by Gasteiger charge is -2.31. The minimum Gasteiger partial charge on any atom is -0.378 e. The number of nitrogens with zero attached hydrogens (tertiary/aromatic N) is 7. The molecular weight excluding hydrogens is 422 g/mol. The molecule has 0 unspecified atom stereocenters. The van der Waals surface area contributed by atoms with Gasteiger partial charge in [-0.15, -0.1) is 5.10 Å². The Kier molecular flexibility index (Phi) is 7.20. The number of nitrogens with two attached hydrogens (primary N) is 1. The smallest absolute Gasteiger partial charge is 0.293 e. The van der Waals surface area contributed by atoms with E-state index in [1.807, 2.05) is 43.5 Å². The van der Waals surface area contributed by atoms with Crippen LogP contribution in [-0.2, 0) is 6.54 Å². The van der Waals surface area contributed by atoms with Crippen LogP contribution in [0.25, 0.3) is 11.9 Å². The third-order valence-corrected chi connectivity index (χ3v) is 5.69. The van der Waals surface area contributed by atoms with E-state index in [1.165, 1.54) is 30.2 Å². The van der Waals surface area contributed by atoms with Crippen LogP contribution in [0.4, 0.5) is 5.82 Å². The number of carbonyl (C=O) groups is 1. The first-order valence-corrected chi connectivity index (χ1v) is 10.9. The summed E-state index contributed by atoms with van der Waals surface area (Å²) in [7, 11) is 2.03. The quantitative estimate of drug-likeness (QED) is 0.395. The summed E-state index contributed by atoms with van der Waals surface area (Å²) < 4.78 is 6.12. The number of rotatable bonds is 8. The number of carbonyl (C=O) groups excluding carboxylic acids is 1. The largest absolute Gasteiger partial charge is 0.378 e. The molecule has 0 bridgehead atoms. The zero-order chi connectivity index (χ0) is 23.0. The SMILES string of the molecule is CN(Cc1c(C(=O)N/N=C\C=C\c2ccccc2)nnn1-c1nonc1N)C1CCCCC1. The van der Waals surface area contributed by atoms with Crippen molar-refractivity contribution in [2.45, 2.75) is 44.7 Å². The normalized spacial score (nSPS) is 15.1. The van der Waals surface area contributed by atoms with Gasteiger partial charge in [0.2, 0.25) is 11.6 Å². The van der Waals surface area contributed by atoms with E-state index < -0.39 is 5.91 Å². The minimum atomic E-state index is -0.479. The van der Waals surface area contributed by atoms with E-state index >= 15 is 0 Å². The molecule has 172 valence electrons. The van der Waals surface area contributed by atoms with Gasteiger partial charge in [-0.05, 0) is 41.8 Å². The second kappa shape index (κ2) is 10.6. The predicted molar refractivity (Wildman–Crippen MR) is 123 cm³/mol. The average molecular weight is 450 g/mol. The zero-order valence-electron chi connectivity index (χ0n) is 18.5. The standard InChI is InChI=1S/C22H27N9O2/c1-30(17-12-6-3-7-13-17)15-18-19(25-29-31(18)21-20(23)27-33-28-21)22(32)26-24-14-8-11-16-9-4-2-5-10-16/h2,4-5,8-11,14,17H,3,6-7,12-13,15H2,1H3,(H2,23,27)(H,26,32)/b11-8+,24-14-. The first kappa shape index (κ1) is 22.3.